The van der Waals surface area contributed by atoms with Gasteiger partial charge in [-0.15, -0.1) is 0 Å². The van der Waals surface area contributed by atoms with Gasteiger partial charge >= 0.3 is 0 Å². The Labute approximate surface area is 160 Å². The number of nitro benzene ring substituents is 1. The highest BCUT2D eigenvalue weighted by molar-refractivity contribution is 5.95. The van der Waals surface area contributed by atoms with Crippen LogP contribution in [0.2, 0.25) is 0 Å². The van der Waals surface area contributed by atoms with Gasteiger partial charge in [-0.05, 0) is 31.3 Å². The fourth-order valence-corrected chi connectivity index (χ4v) is 2.41. The second-order valence-corrected chi connectivity index (χ2v) is 5.92. The third-order valence-electron chi connectivity index (χ3n) is 3.60. The average molecular weight is 390 g/mol. The molecule has 2 rings (SSSR count). The number of hydrogen-bond donors (Lipinski definition) is 2. The van der Waals surface area contributed by atoms with Crippen molar-refractivity contribution in [2.45, 2.75) is 0 Å². The van der Waals surface area contributed by atoms with Crippen molar-refractivity contribution in [1.82, 2.24) is 4.90 Å². The van der Waals surface area contributed by atoms with Gasteiger partial charge in [0, 0.05) is 17.8 Å². The molecule has 10 heteroatoms. The number of non-ortho nitro benzene ring substituents is 1. The molecule has 2 aromatic carbocycles. The Kier molecular flexibility index (Phi) is 6.99. The van der Waals surface area contributed by atoms with Gasteiger partial charge in [0.15, 0.2) is 0 Å². The molecule has 2 N–H and O–H groups in total. The Balaban J connectivity index is 1.92. The summed E-state index contributed by atoms with van der Waals surface area (Å²) in [6.07, 6.45) is 0. The Bertz CT molecular complexity index is 890. The first kappa shape index (κ1) is 20.8. The Morgan fingerprint density at radius 3 is 2.43 bits per heavy atom. The molecule has 9 nitrogen and oxygen atoms in total. The Morgan fingerprint density at radius 1 is 1.14 bits per heavy atom. The van der Waals surface area contributed by atoms with Crippen molar-refractivity contribution in [3.8, 4) is 5.75 Å². The van der Waals surface area contributed by atoms with Crippen LogP contribution in [0.25, 0.3) is 0 Å². The Hall–Kier alpha value is -3.53. The summed E-state index contributed by atoms with van der Waals surface area (Å²) in [4.78, 5) is 35.9. The minimum absolute atomic E-state index is 0.115. The minimum atomic E-state index is -0.585. The maximum absolute atomic E-state index is 13.1. The first-order valence-electron chi connectivity index (χ1n) is 8.14. The fourth-order valence-electron chi connectivity index (χ4n) is 2.41. The van der Waals surface area contributed by atoms with E-state index in [0.29, 0.717) is 5.69 Å². The highest BCUT2D eigenvalue weighted by atomic mass is 19.1. The molecule has 28 heavy (non-hydrogen) atoms. The minimum Gasteiger partial charge on any atom is -0.495 e. The van der Waals surface area contributed by atoms with Crippen molar-refractivity contribution in [1.29, 1.82) is 0 Å². The summed E-state index contributed by atoms with van der Waals surface area (Å²) < 4.78 is 18.2. The number of carbonyl (C=O) groups excluding carboxylic acids is 2. The van der Waals surface area contributed by atoms with E-state index >= 15 is 0 Å². The number of nitrogens with zero attached hydrogens (tertiary/aromatic N) is 2. The van der Waals surface area contributed by atoms with E-state index in [1.165, 1.54) is 48.4 Å². The zero-order valence-electron chi connectivity index (χ0n) is 15.3. The summed E-state index contributed by atoms with van der Waals surface area (Å²) in [5.74, 6) is -1.12. The quantitative estimate of drug-likeness (QED) is 0.528. The molecule has 0 atom stereocenters. The molecule has 0 aliphatic carbocycles. The lowest BCUT2D eigenvalue weighted by Crippen LogP contribution is -2.36. The van der Waals surface area contributed by atoms with Gasteiger partial charge in [0.05, 0.1) is 30.8 Å². The molecule has 0 bridgehead atoms. The van der Waals surface area contributed by atoms with Crippen LogP contribution in [-0.4, -0.2) is 48.9 Å². The third-order valence-corrected chi connectivity index (χ3v) is 3.60. The van der Waals surface area contributed by atoms with Gasteiger partial charge in [-0.2, -0.15) is 0 Å². The number of carbonyl (C=O) groups is 2. The topological polar surface area (TPSA) is 114 Å². The van der Waals surface area contributed by atoms with Gasteiger partial charge in [0.25, 0.3) is 5.69 Å². The van der Waals surface area contributed by atoms with Crippen LogP contribution >= 0.6 is 0 Å². The number of methoxy groups -OCH3 is 1. The number of nitro groups is 1. The molecule has 0 saturated heterocycles. The monoisotopic (exact) mass is 390 g/mol. The number of rotatable bonds is 8. The van der Waals surface area contributed by atoms with E-state index in [-0.39, 0.29) is 30.2 Å². The third kappa shape index (κ3) is 6.02. The molecule has 0 fully saturated rings. The van der Waals surface area contributed by atoms with Crippen LogP contribution in [0.4, 0.5) is 21.5 Å². The van der Waals surface area contributed by atoms with Crippen LogP contribution in [0.5, 0.6) is 5.75 Å². The second-order valence-electron chi connectivity index (χ2n) is 5.92. The lowest BCUT2D eigenvalue weighted by Gasteiger charge is -2.17. The van der Waals surface area contributed by atoms with Crippen molar-refractivity contribution < 1.29 is 23.6 Å². The number of nitrogens with one attached hydrogen (secondary N) is 2. The summed E-state index contributed by atoms with van der Waals surface area (Å²) in [5.41, 5.74) is 0.266. The lowest BCUT2D eigenvalue weighted by atomic mass is 10.2. The predicted molar refractivity (Wildman–Crippen MR) is 101 cm³/mol. The highest BCUT2D eigenvalue weighted by Crippen LogP contribution is 2.28. The number of halogens is 1. The first-order chi connectivity index (χ1) is 13.3. The van der Waals surface area contributed by atoms with Crippen molar-refractivity contribution >= 4 is 28.9 Å². The highest BCUT2D eigenvalue weighted by Gasteiger charge is 2.16. The molecule has 0 spiro atoms. The van der Waals surface area contributed by atoms with E-state index < -0.39 is 22.6 Å². The van der Waals surface area contributed by atoms with Crippen LogP contribution in [0.3, 0.4) is 0 Å². The van der Waals surface area contributed by atoms with E-state index in [1.54, 1.807) is 13.1 Å². The number of amides is 2. The van der Waals surface area contributed by atoms with E-state index in [1.807, 2.05) is 0 Å². The van der Waals surface area contributed by atoms with Gasteiger partial charge in [-0.25, -0.2) is 4.39 Å². The van der Waals surface area contributed by atoms with Crippen molar-refractivity contribution in [3.63, 3.8) is 0 Å². The van der Waals surface area contributed by atoms with Crippen molar-refractivity contribution in [2.75, 3.05) is 37.9 Å². The average Bonchev–Trinajstić information content (AvgIpc) is 2.61. The molecule has 148 valence electrons. The van der Waals surface area contributed by atoms with Crippen LogP contribution in [-0.2, 0) is 9.59 Å². The smallest absolute Gasteiger partial charge is 0.271 e. The number of likely N-dealkylation sites (N-methyl/N-ethyl adjacent to an activating group) is 1. The zero-order valence-corrected chi connectivity index (χ0v) is 15.3. The standard InChI is InChI=1S/C18H19FN4O5/c1-22(10-17(24)20-13-5-3-4-12(19)8-13)11-18(25)21-15-9-14(23(26)27)6-7-16(15)28-2/h3-9H,10-11H2,1-2H3,(H,20,24)(H,21,25). The molecular weight excluding hydrogens is 371 g/mol. The number of benzene rings is 2. The molecule has 0 saturated carbocycles. The van der Waals surface area contributed by atoms with Gasteiger partial charge in [-0.1, -0.05) is 6.07 Å². The van der Waals surface area contributed by atoms with Gasteiger partial charge < -0.3 is 15.4 Å². The summed E-state index contributed by atoms with van der Waals surface area (Å²) in [6, 6.07) is 9.28. The number of anilines is 2. The van der Waals surface area contributed by atoms with Crippen LogP contribution in [0.1, 0.15) is 0 Å². The van der Waals surface area contributed by atoms with E-state index in [9.17, 15) is 24.1 Å². The normalized spacial score (nSPS) is 10.4. The maximum atomic E-state index is 13.1. The molecule has 0 heterocycles. The molecule has 0 unspecified atom stereocenters. The van der Waals surface area contributed by atoms with Gasteiger partial charge in [0.2, 0.25) is 11.8 Å². The summed E-state index contributed by atoms with van der Waals surface area (Å²) in [6.45, 7) is -0.265. The molecule has 2 aromatic rings. The second kappa shape index (κ2) is 9.42. The molecular formula is C18H19FN4O5. The molecule has 0 aliphatic heterocycles. The SMILES string of the molecule is COc1ccc([N+](=O)[O-])cc1NC(=O)CN(C)CC(=O)Nc1cccc(F)c1. The largest absolute Gasteiger partial charge is 0.495 e. The predicted octanol–water partition coefficient (Wildman–Crippen LogP) is 2.25. The Morgan fingerprint density at radius 2 is 1.82 bits per heavy atom. The summed E-state index contributed by atoms with van der Waals surface area (Å²) >= 11 is 0. The van der Waals surface area contributed by atoms with E-state index in [2.05, 4.69) is 10.6 Å². The molecule has 0 aliphatic rings. The first-order valence-corrected chi connectivity index (χ1v) is 8.14. The number of hydrogen-bond acceptors (Lipinski definition) is 6. The van der Waals surface area contributed by atoms with Crippen LogP contribution in [0, 0.1) is 15.9 Å². The van der Waals surface area contributed by atoms with E-state index in [0.717, 1.165) is 0 Å². The summed E-state index contributed by atoms with van der Waals surface area (Å²) in [7, 11) is 2.93. The van der Waals surface area contributed by atoms with Gasteiger partial charge in [-0.3, -0.25) is 24.6 Å². The maximum Gasteiger partial charge on any atom is 0.271 e. The zero-order chi connectivity index (χ0) is 20.7. The summed E-state index contributed by atoms with van der Waals surface area (Å²) in [5, 5.41) is 15.9. The number of ether oxygens (including phenoxy) is 1. The molecule has 0 radical (unpaired) electrons. The lowest BCUT2D eigenvalue weighted by molar-refractivity contribution is -0.384. The van der Waals surface area contributed by atoms with Crippen LogP contribution < -0.4 is 15.4 Å². The van der Waals surface area contributed by atoms with Crippen LogP contribution in [0.15, 0.2) is 42.5 Å². The van der Waals surface area contributed by atoms with Crippen molar-refractivity contribution in [2.24, 2.45) is 0 Å². The van der Waals surface area contributed by atoms with E-state index in [4.69, 9.17) is 4.74 Å². The van der Waals surface area contributed by atoms with Gasteiger partial charge in [0.1, 0.15) is 11.6 Å². The molecule has 2 amide bonds. The van der Waals surface area contributed by atoms with Crippen molar-refractivity contribution in [3.05, 3.63) is 58.4 Å². The molecule has 0 aromatic heterocycles. The fraction of sp³-hybridized carbons (Fsp3) is 0.222.